The molecule has 1 radical (unpaired) electrons. The van der Waals surface area contributed by atoms with Gasteiger partial charge in [0.25, 0.3) is 0 Å². The molecule has 0 aromatic heterocycles. The molecule has 2 heteroatoms. The Bertz CT molecular complexity index is 215. The summed E-state index contributed by atoms with van der Waals surface area (Å²) in [7, 11) is 0. The Hall–Kier alpha value is -1.31. The van der Waals surface area contributed by atoms with Gasteiger partial charge in [-0.25, -0.2) is 5.32 Å². The van der Waals surface area contributed by atoms with Crippen LogP contribution in [-0.2, 0) is 4.79 Å². The molecule has 0 bridgehead atoms. The third kappa shape index (κ3) is 1.58. The van der Waals surface area contributed by atoms with Crippen LogP contribution in [0, 0.1) is 6.92 Å². The highest BCUT2D eigenvalue weighted by Crippen LogP contribution is 2.06. The van der Waals surface area contributed by atoms with E-state index in [4.69, 9.17) is 0 Å². The Morgan fingerprint density at radius 1 is 1.30 bits per heavy atom. The number of carbonyl (C=O) groups excluding carboxylic acids is 1. The van der Waals surface area contributed by atoms with Crippen molar-refractivity contribution in [1.29, 1.82) is 0 Å². The summed E-state index contributed by atoms with van der Waals surface area (Å²) in [5.41, 5.74) is 1.88. The van der Waals surface area contributed by atoms with Crippen molar-refractivity contribution in [3.8, 4) is 0 Å². The van der Waals surface area contributed by atoms with Crippen molar-refractivity contribution in [3.05, 3.63) is 29.8 Å². The van der Waals surface area contributed by atoms with Gasteiger partial charge in [0.1, 0.15) is 0 Å². The maximum atomic E-state index is 9.89. The fourth-order valence-electron chi connectivity index (χ4n) is 0.692. The molecule has 1 aromatic rings. The number of rotatable bonds is 2. The van der Waals surface area contributed by atoms with Crippen LogP contribution in [0.25, 0.3) is 0 Å². The fraction of sp³-hybridized carbons (Fsp3) is 0.125. The molecule has 10 heavy (non-hydrogen) atoms. The van der Waals surface area contributed by atoms with Gasteiger partial charge in [0.2, 0.25) is 6.41 Å². The van der Waals surface area contributed by atoms with Gasteiger partial charge in [0.15, 0.2) is 0 Å². The van der Waals surface area contributed by atoms with Crippen LogP contribution in [0.5, 0.6) is 0 Å². The van der Waals surface area contributed by atoms with Crippen LogP contribution in [0.2, 0.25) is 0 Å². The number of hydrogen-bond donors (Lipinski definition) is 0. The molecule has 0 atom stereocenters. The summed E-state index contributed by atoms with van der Waals surface area (Å²) in [6.45, 7) is 1.99. The van der Waals surface area contributed by atoms with Crippen LogP contribution >= 0.6 is 0 Å². The fourth-order valence-corrected chi connectivity index (χ4v) is 0.692. The average Bonchev–Trinajstić information content (AvgIpc) is 1.95. The molecule has 0 fully saturated rings. The summed E-state index contributed by atoms with van der Waals surface area (Å²) in [5, 5.41) is 3.57. The standard InChI is InChI=1S/C8H8NO/c1-7-2-4-8(5-3-7)9-6-10/h2-6H,1H3. The molecule has 0 aliphatic heterocycles. The van der Waals surface area contributed by atoms with Gasteiger partial charge in [0, 0.05) is 0 Å². The summed E-state index contributed by atoms with van der Waals surface area (Å²) in [6.07, 6.45) is 0.546. The molecule has 1 aromatic carbocycles. The van der Waals surface area contributed by atoms with Gasteiger partial charge in [-0.3, -0.25) is 4.79 Å². The van der Waals surface area contributed by atoms with Crippen LogP contribution in [0.4, 0.5) is 5.69 Å². The minimum atomic E-state index is 0.546. The highest BCUT2D eigenvalue weighted by molar-refractivity contribution is 5.58. The summed E-state index contributed by atoms with van der Waals surface area (Å²) in [6, 6.07) is 7.46. The molecule has 0 unspecified atom stereocenters. The zero-order chi connectivity index (χ0) is 7.40. The summed E-state index contributed by atoms with van der Waals surface area (Å²) in [4.78, 5) is 9.89. The van der Waals surface area contributed by atoms with E-state index in [0.717, 1.165) is 0 Å². The van der Waals surface area contributed by atoms with E-state index < -0.39 is 0 Å². The molecular weight excluding hydrogens is 126 g/mol. The van der Waals surface area contributed by atoms with Crippen LogP contribution in [0.3, 0.4) is 0 Å². The summed E-state index contributed by atoms with van der Waals surface area (Å²) >= 11 is 0. The predicted octanol–water partition coefficient (Wildman–Crippen LogP) is 1.39. The van der Waals surface area contributed by atoms with Crippen molar-refractivity contribution in [3.63, 3.8) is 0 Å². The molecule has 0 spiro atoms. The summed E-state index contributed by atoms with van der Waals surface area (Å²) in [5.74, 6) is 0. The quantitative estimate of drug-likeness (QED) is 0.562. The number of benzene rings is 1. The van der Waals surface area contributed by atoms with Crippen molar-refractivity contribution in [2.24, 2.45) is 0 Å². The van der Waals surface area contributed by atoms with Crippen LogP contribution in [0.1, 0.15) is 5.56 Å². The summed E-state index contributed by atoms with van der Waals surface area (Å²) < 4.78 is 0. The largest absolute Gasteiger partial charge is 0.276 e. The molecule has 0 aliphatic carbocycles. The first-order valence-corrected chi connectivity index (χ1v) is 3.04. The van der Waals surface area contributed by atoms with Crippen LogP contribution in [-0.4, -0.2) is 6.41 Å². The number of nitrogens with zero attached hydrogens (tertiary/aromatic N) is 1. The van der Waals surface area contributed by atoms with E-state index in [0.29, 0.717) is 12.1 Å². The van der Waals surface area contributed by atoms with Crippen molar-refractivity contribution in [2.75, 3.05) is 0 Å². The predicted molar refractivity (Wildman–Crippen MR) is 39.0 cm³/mol. The number of hydrogen-bond acceptors (Lipinski definition) is 1. The van der Waals surface area contributed by atoms with E-state index in [9.17, 15) is 4.79 Å². The molecule has 51 valence electrons. The van der Waals surface area contributed by atoms with Crippen molar-refractivity contribution in [1.82, 2.24) is 5.32 Å². The molecule has 0 saturated heterocycles. The van der Waals surface area contributed by atoms with Gasteiger partial charge >= 0.3 is 0 Å². The van der Waals surface area contributed by atoms with Gasteiger partial charge in [-0.2, -0.15) is 0 Å². The maximum absolute atomic E-state index is 9.89. The molecule has 2 nitrogen and oxygen atoms in total. The molecule has 1 amide bonds. The Labute approximate surface area is 59.9 Å². The van der Waals surface area contributed by atoms with Gasteiger partial charge in [-0.1, -0.05) is 17.7 Å². The van der Waals surface area contributed by atoms with Crippen molar-refractivity contribution < 1.29 is 4.79 Å². The van der Waals surface area contributed by atoms with E-state index >= 15 is 0 Å². The monoisotopic (exact) mass is 134 g/mol. The van der Waals surface area contributed by atoms with E-state index in [1.165, 1.54) is 5.56 Å². The van der Waals surface area contributed by atoms with Crippen LogP contribution < -0.4 is 5.32 Å². The maximum Gasteiger partial charge on any atom is 0.233 e. The lowest BCUT2D eigenvalue weighted by Crippen LogP contribution is -1.90. The second kappa shape index (κ2) is 3.01. The number of carbonyl (C=O) groups is 1. The second-order valence-corrected chi connectivity index (χ2v) is 2.07. The number of aryl methyl sites for hydroxylation is 1. The van der Waals surface area contributed by atoms with Crippen LogP contribution in [0.15, 0.2) is 24.3 Å². The lowest BCUT2D eigenvalue weighted by Gasteiger charge is -1.93. The smallest absolute Gasteiger partial charge is 0.233 e. The topological polar surface area (TPSA) is 31.2 Å². The van der Waals surface area contributed by atoms with Gasteiger partial charge in [-0.15, -0.1) is 0 Å². The highest BCUT2D eigenvalue weighted by atomic mass is 16.1. The molecule has 0 aliphatic rings. The van der Waals surface area contributed by atoms with E-state index in [-0.39, 0.29) is 0 Å². The SMILES string of the molecule is Cc1ccc([N]C=O)cc1. The minimum absolute atomic E-state index is 0.546. The molecule has 0 heterocycles. The number of amides is 1. The lowest BCUT2D eigenvalue weighted by molar-refractivity contribution is -0.108. The zero-order valence-corrected chi connectivity index (χ0v) is 5.74. The Balaban J connectivity index is 2.78. The minimum Gasteiger partial charge on any atom is -0.276 e. The molecule has 1 rings (SSSR count). The second-order valence-electron chi connectivity index (χ2n) is 2.07. The Kier molecular flexibility index (Phi) is 2.05. The zero-order valence-electron chi connectivity index (χ0n) is 5.74. The normalized spacial score (nSPS) is 8.90. The Morgan fingerprint density at radius 2 is 1.90 bits per heavy atom. The van der Waals surface area contributed by atoms with Crippen molar-refractivity contribution in [2.45, 2.75) is 6.92 Å². The van der Waals surface area contributed by atoms with Gasteiger partial charge in [0.05, 0.1) is 5.69 Å². The lowest BCUT2D eigenvalue weighted by atomic mass is 10.2. The van der Waals surface area contributed by atoms with Gasteiger partial charge in [-0.05, 0) is 19.1 Å². The third-order valence-electron chi connectivity index (χ3n) is 1.24. The Morgan fingerprint density at radius 3 is 2.40 bits per heavy atom. The van der Waals surface area contributed by atoms with E-state index in [2.05, 4.69) is 5.32 Å². The van der Waals surface area contributed by atoms with E-state index in [1.807, 2.05) is 31.2 Å². The first-order valence-electron chi connectivity index (χ1n) is 3.04. The highest BCUT2D eigenvalue weighted by Gasteiger charge is 1.88. The third-order valence-corrected chi connectivity index (χ3v) is 1.24. The van der Waals surface area contributed by atoms with E-state index in [1.54, 1.807) is 0 Å². The molecular formula is C8H8NO. The average molecular weight is 134 g/mol. The first-order chi connectivity index (χ1) is 4.83. The molecule has 0 saturated carbocycles. The molecule has 0 N–H and O–H groups in total. The first kappa shape index (κ1) is 6.81. The van der Waals surface area contributed by atoms with Gasteiger partial charge < -0.3 is 0 Å². The van der Waals surface area contributed by atoms with Crippen molar-refractivity contribution >= 4 is 12.1 Å².